The average molecular weight is 256 g/mol. The van der Waals surface area contributed by atoms with Crippen LogP contribution in [0, 0.1) is 0 Å². The first-order valence-corrected chi connectivity index (χ1v) is 6.56. The SMILES string of the molecule is CC(C)N(C)C(=O)CNc1ccc2ccccc2c1. The predicted octanol–water partition coefficient (Wildman–Crippen LogP) is 3.12. The summed E-state index contributed by atoms with van der Waals surface area (Å²) in [6.07, 6.45) is 0. The molecule has 0 atom stereocenters. The lowest BCUT2D eigenvalue weighted by atomic mass is 10.1. The minimum atomic E-state index is 0.100. The molecule has 0 fully saturated rings. The molecular formula is C16H20N2O. The van der Waals surface area contributed by atoms with Crippen LogP contribution in [0.2, 0.25) is 0 Å². The second-order valence-electron chi connectivity index (χ2n) is 5.01. The third-order valence-corrected chi connectivity index (χ3v) is 3.36. The first-order chi connectivity index (χ1) is 9.08. The van der Waals surface area contributed by atoms with E-state index in [1.807, 2.05) is 39.1 Å². The monoisotopic (exact) mass is 256 g/mol. The van der Waals surface area contributed by atoms with Gasteiger partial charge in [-0.15, -0.1) is 0 Å². The van der Waals surface area contributed by atoms with Crippen molar-refractivity contribution in [2.24, 2.45) is 0 Å². The number of hydrogen-bond acceptors (Lipinski definition) is 2. The van der Waals surface area contributed by atoms with Crippen LogP contribution in [0.15, 0.2) is 42.5 Å². The Hall–Kier alpha value is -2.03. The molecule has 0 saturated carbocycles. The van der Waals surface area contributed by atoms with E-state index in [1.54, 1.807) is 4.90 Å². The van der Waals surface area contributed by atoms with Crippen molar-refractivity contribution >= 4 is 22.4 Å². The molecule has 2 aromatic rings. The van der Waals surface area contributed by atoms with Gasteiger partial charge in [-0.05, 0) is 36.8 Å². The van der Waals surface area contributed by atoms with Crippen LogP contribution < -0.4 is 5.32 Å². The normalized spacial score (nSPS) is 10.7. The molecule has 0 saturated heterocycles. The zero-order valence-electron chi connectivity index (χ0n) is 11.7. The molecule has 1 N–H and O–H groups in total. The average Bonchev–Trinajstić information content (AvgIpc) is 2.43. The first-order valence-electron chi connectivity index (χ1n) is 6.56. The first kappa shape index (κ1) is 13.4. The molecule has 0 spiro atoms. The molecule has 0 aliphatic carbocycles. The van der Waals surface area contributed by atoms with Gasteiger partial charge in [-0.3, -0.25) is 4.79 Å². The number of hydrogen-bond donors (Lipinski definition) is 1. The van der Waals surface area contributed by atoms with Crippen molar-refractivity contribution in [2.45, 2.75) is 19.9 Å². The molecule has 0 radical (unpaired) electrons. The lowest BCUT2D eigenvalue weighted by Gasteiger charge is -2.21. The number of carbonyl (C=O) groups is 1. The molecular weight excluding hydrogens is 236 g/mol. The maximum Gasteiger partial charge on any atom is 0.241 e. The summed E-state index contributed by atoms with van der Waals surface area (Å²) >= 11 is 0. The molecule has 0 heterocycles. The van der Waals surface area contributed by atoms with Crippen LogP contribution in [0.25, 0.3) is 10.8 Å². The third-order valence-electron chi connectivity index (χ3n) is 3.36. The van der Waals surface area contributed by atoms with Gasteiger partial charge in [-0.25, -0.2) is 0 Å². The number of likely N-dealkylation sites (N-methyl/N-ethyl adjacent to an activating group) is 1. The highest BCUT2D eigenvalue weighted by Gasteiger charge is 2.11. The number of benzene rings is 2. The van der Waals surface area contributed by atoms with E-state index in [-0.39, 0.29) is 11.9 Å². The van der Waals surface area contributed by atoms with Crippen LogP contribution in [0.3, 0.4) is 0 Å². The minimum absolute atomic E-state index is 0.100. The number of rotatable bonds is 4. The van der Waals surface area contributed by atoms with E-state index in [4.69, 9.17) is 0 Å². The van der Waals surface area contributed by atoms with Crippen molar-refractivity contribution in [3.05, 3.63) is 42.5 Å². The van der Waals surface area contributed by atoms with Crippen LogP contribution in [0.4, 0.5) is 5.69 Å². The standard InChI is InChI=1S/C16H20N2O/c1-12(2)18(3)16(19)11-17-15-9-8-13-6-4-5-7-14(13)10-15/h4-10,12,17H,11H2,1-3H3. The van der Waals surface area contributed by atoms with E-state index < -0.39 is 0 Å². The lowest BCUT2D eigenvalue weighted by molar-refractivity contribution is -0.129. The van der Waals surface area contributed by atoms with Crippen molar-refractivity contribution in [1.29, 1.82) is 0 Å². The Balaban J connectivity index is 2.04. The van der Waals surface area contributed by atoms with Gasteiger partial charge < -0.3 is 10.2 Å². The number of fused-ring (bicyclic) bond motifs is 1. The fraction of sp³-hybridized carbons (Fsp3) is 0.312. The van der Waals surface area contributed by atoms with Crippen molar-refractivity contribution in [3.63, 3.8) is 0 Å². The number of nitrogens with one attached hydrogen (secondary N) is 1. The Labute approximate surface area is 114 Å². The van der Waals surface area contributed by atoms with E-state index in [1.165, 1.54) is 10.8 Å². The minimum Gasteiger partial charge on any atom is -0.376 e. The van der Waals surface area contributed by atoms with Crippen molar-refractivity contribution in [1.82, 2.24) is 4.90 Å². The van der Waals surface area contributed by atoms with Crippen LogP contribution in [-0.4, -0.2) is 30.4 Å². The highest BCUT2D eigenvalue weighted by molar-refractivity contribution is 5.87. The number of carbonyl (C=O) groups excluding carboxylic acids is 1. The van der Waals surface area contributed by atoms with Crippen molar-refractivity contribution in [3.8, 4) is 0 Å². The maximum atomic E-state index is 11.9. The number of nitrogens with zero attached hydrogens (tertiary/aromatic N) is 1. The Bertz CT molecular complexity index is 578. The van der Waals surface area contributed by atoms with Gasteiger partial charge >= 0.3 is 0 Å². The summed E-state index contributed by atoms with van der Waals surface area (Å²) in [6.45, 7) is 4.34. The summed E-state index contributed by atoms with van der Waals surface area (Å²) in [4.78, 5) is 13.6. The van der Waals surface area contributed by atoms with E-state index in [9.17, 15) is 4.79 Å². The summed E-state index contributed by atoms with van der Waals surface area (Å²) in [6, 6.07) is 14.6. The van der Waals surface area contributed by atoms with E-state index in [0.29, 0.717) is 6.54 Å². The molecule has 3 nitrogen and oxygen atoms in total. The summed E-state index contributed by atoms with van der Waals surface area (Å²) in [5.41, 5.74) is 0.976. The Morgan fingerprint density at radius 2 is 1.84 bits per heavy atom. The van der Waals surface area contributed by atoms with Gasteiger partial charge in [0.05, 0.1) is 6.54 Å². The van der Waals surface area contributed by atoms with Crippen LogP contribution >= 0.6 is 0 Å². The summed E-state index contributed by atoms with van der Waals surface area (Å²) in [5.74, 6) is 0.100. The number of anilines is 1. The van der Waals surface area contributed by atoms with Gasteiger partial charge in [0.25, 0.3) is 0 Å². The highest BCUT2D eigenvalue weighted by atomic mass is 16.2. The molecule has 0 unspecified atom stereocenters. The van der Waals surface area contributed by atoms with Crippen molar-refractivity contribution in [2.75, 3.05) is 18.9 Å². The molecule has 2 aromatic carbocycles. The fourth-order valence-electron chi connectivity index (χ4n) is 1.89. The molecule has 0 bridgehead atoms. The van der Waals surface area contributed by atoms with E-state index in [0.717, 1.165) is 5.69 Å². The molecule has 100 valence electrons. The highest BCUT2D eigenvalue weighted by Crippen LogP contribution is 2.18. The molecule has 0 aromatic heterocycles. The molecule has 1 amide bonds. The van der Waals surface area contributed by atoms with Gasteiger partial charge in [0, 0.05) is 18.8 Å². The van der Waals surface area contributed by atoms with E-state index >= 15 is 0 Å². The molecule has 19 heavy (non-hydrogen) atoms. The second-order valence-corrected chi connectivity index (χ2v) is 5.01. The number of amides is 1. The maximum absolute atomic E-state index is 11.9. The topological polar surface area (TPSA) is 32.3 Å². The summed E-state index contributed by atoms with van der Waals surface area (Å²) in [7, 11) is 1.83. The molecule has 3 heteroatoms. The zero-order chi connectivity index (χ0) is 13.8. The van der Waals surface area contributed by atoms with Crippen LogP contribution in [-0.2, 0) is 4.79 Å². The summed E-state index contributed by atoms with van der Waals surface area (Å²) < 4.78 is 0. The largest absolute Gasteiger partial charge is 0.376 e. The van der Waals surface area contributed by atoms with Gasteiger partial charge in [-0.1, -0.05) is 30.3 Å². The second kappa shape index (κ2) is 5.74. The Morgan fingerprint density at radius 1 is 1.16 bits per heavy atom. The van der Waals surface area contributed by atoms with Gasteiger partial charge in [0.2, 0.25) is 5.91 Å². The van der Waals surface area contributed by atoms with Gasteiger partial charge in [0.15, 0.2) is 0 Å². The van der Waals surface area contributed by atoms with Gasteiger partial charge in [-0.2, -0.15) is 0 Å². The Morgan fingerprint density at radius 3 is 2.53 bits per heavy atom. The quantitative estimate of drug-likeness (QED) is 0.911. The van der Waals surface area contributed by atoms with Gasteiger partial charge in [0.1, 0.15) is 0 Å². The van der Waals surface area contributed by atoms with Crippen LogP contribution in [0.1, 0.15) is 13.8 Å². The fourth-order valence-corrected chi connectivity index (χ4v) is 1.89. The zero-order valence-corrected chi connectivity index (χ0v) is 11.7. The lowest BCUT2D eigenvalue weighted by Crippen LogP contribution is -2.37. The Kier molecular flexibility index (Phi) is 4.05. The smallest absolute Gasteiger partial charge is 0.241 e. The van der Waals surface area contributed by atoms with Crippen molar-refractivity contribution < 1.29 is 4.79 Å². The third kappa shape index (κ3) is 3.25. The van der Waals surface area contributed by atoms with E-state index in [2.05, 4.69) is 29.6 Å². The molecule has 0 aliphatic rings. The molecule has 0 aliphatic heterocycles. The summed E-state index contributed by atoms with van der Waals surface area (Å²) in [5, 5.41) is 5.57. The van der Waals surface area contributed by atoms with Crippen LogP contribution in [0.5, 0.6) is 0 Å². The predicted molar refractivity (Wildman–Crippen MR) is 80.3 cm³/mol. The molecule has 2 rings (SSSR count).